The van der Waals surface area contributed by atoms with Crippen molar-refractivity contribution in [3.05, 3.63) is 52.3 Å². The summed E-state index contributed by atoms with van der Waals surface area (Å²) in [6.07, 6.45) is 5.26. The third kappa shape index (κ3) is 2.73. The third-order valence-corrected chi connectivity index (χ3v) is 6.74. The quantitative estimate of drug-likeness (QED) is 0.744. The Balaban J connectivity index is 1.45. The monoisotopic (exact) mass is 366 g/mol. The molecule has 1 saturated heterocycles. The highest BCUT2D eigenvalue weighted by Gasteiger charge is 2.57. The van der Waals surface area contributed by atoms with E-state index in [1.165, 1.54) is 18.4 Å². The highest BCUT2D eigenvalue weighted by atomic mass is 32.1. The lowest BCUT2D eigenvalue weighted by Gasteiger charge is -2.29. The van der Waals surface area contributed by atoms with E-state index in [0.29, 0.717) is 18.0 Å². The van der Waals surface area contributed by atoms with E-state index < -0.39 is 0 Å². The van der Waals surface area contributed by atoms with Crippen LogP contribution < -0.4 is 5.32 Å². The van der Waals surface area contributed by atoms with Crippen molar-refractivity contribution in [3.8, 4) is 0 Å². The maximum Gasteiger partial charge on any atom is 0.254 e. The number of aromatic nitrogens is 2. The molecule has 1 aliphatic carbocycles. The van der Waals surface area contributed by atoms with Crippen molar-refractivity contribution in [3.63, 3.8) is 0 Å². The predicted octanol–water partition coefficient (Wildman–Crippen LogP) is 3.41. The molecule has 2 fully saturated rings. The SMILES string of the molecule is O=C(c1ccc2[nH]ncc2c1)N(Cc1ccsc1)[C@H]1CC12CCNCC2. The number of nitrogens with one attached hydrogen (secondary N) is 2. The van der Waals surface area contributed by atoms with Gasteiger partial charge in [-0.3, -0.25) is 9.89 Å². The zero-order valence-corrected chi connectivity index (χ0v) is 15.4. The van der Waals surface area contributed by atoms with E-state index in [2.05, 4.69) is 37.2 Å². The number of benzene rings is 1. The molecule has 0 bridgehead atoms. The summed E-state index contributed by atoms with van der Waals surface area (Å²) in [4.78, 5) is 15.5. The van der Waals surface area contributed by atoms with Gasteiger partial charge < -0.3 is 10.2 Å². The lowest BCUT2D eigenvalue weighted by atomic mass is 9.93. The van der Waals surface area contributed by atoms with Crippen LogP contribution in [0.3, 0.4) is 0 Å². The molecule has 2 N–H and O–H groups in total. The van der Waals surface area contributed by atoms with E-state index in [1.807, 2.05) is 18.2 Å². The van der Waals surface area contributed by atoms with Crippen molar-refractivity contribution in [2.45, 2.75) is 31.8 Å². The fourth-order valence-electron chi connectivity index (χ4n) is 4.37. The maximum atomic E-state index is 13.4. The minimum absolute atomic E-state index is 0.139. The molecule has 134 valence electrons. The number of amides is 1. The van der Waals surface area contributed by atoms with Gasteiger partial charge >= 0.3 is 0 Å². The number of H-pyrrole nitrogens is 1. The Bertz CT molecular complexity index is 926. The summed E-state index contributed by atoms with van der Waals surface area (Å²) >= 11 is 1.69. The Kier molecular flexibility index (Phi) is 3.83. The van der Waals surface area contributed by atoms with Crippen LogP contribution in [0, 0.1) is 5.41 Å². The molecule has 5 nitrogen and oxygen atoms in total. The molecule has 1 saturated carbocycles. The van der Waals surface area contributed by atoms with Crippen LogP contribution in [0.15, 0.2) is 41.2 Å². The normalized spacial score (nSPS) is 21.2. The second-order valence-electron chi connectivity index (χ2n) is 7.57. The van der Waals surface area contributed by atoms with Crippen LogP contribution in [0.25, 0.3) is 10.9 Å². The van der Waals surface area contributed by atoms with Gasteiger partial charge in [0, 0.05) is 23.5 Å². The molecule has 1 aliphatic heterocycles. The molecular weight excluding hydrogens is 344 g/mol. The summed E-state index contributed by atoms with van der Waals surface area (Å²) in [5.74, 6) is 0.139. The summed E-state index contributed by atoms with van der Waals surface area (Å²) < 4.78 is 0. The molecule has 6 heteroatoms. The van der Waals surface area contributed by atoms with Crippen LogP contribution in [-0.4, -0.2) is 40.1 Å². The number of carbonyl (C=O) groups is 1. The van der Waals surface area contributed by atoms with Gasteiger partial charge in [0.05, 0.1) is 11.7 Å². The van der Waals surface area contributed by atoms with Gasteiger partial charge in [-0.2, -0.15) is 16.4 Å². The van der Waals surface area contributed by atoms with Crippen molar-refractivity contribution in [1.29, 1.82) is 0 Å². The molecule has 2 aromatic heterocycles. The van der Waals surface area contributed by atoms with Crippen LogP contribution in [0.1, 0.15) is 35.2 Å². The summed E-state index contributed by atoms with van der Waals surface area (Å²) in [6, 6.07) is 8.31. The van der Waals surface area contributed by atoms with Crippen molar-refractivity contribution in [2.75, 3.05) is 13.1 Å². The molecule has 1 amide bonds. The molecule has 3 aromatic rings. The van der Waals surface area contributed by atoms with Crippen LogP contribution >= 0.6 is 11.3 Å². The van der Waals surface area contributed by atoms with Gasteiger partial charge in [-0.25, -0.2) is 0 Å². The van der Waals surface area contributed by atoms with E-state index in [9.17, 15) is 4.79 Å². The molecule has 0 radical (unpaired) electrons. The number of nitrogens with zero attached hydrogens (tertiary/aromatic N) is 2. The van der Waals surface area contributed by atoms with E-state index in [0.717, 1.165) is 36.0 Å². The summed E-state index contributed by atoms with van der Waals surface area (Å²) in [7, 11) is 0. The summed E-state index contributed by atoms with van der Waals surface area (Å²) in [5.41, 5.74) is 3.28. The zero-order chi connectivity index (χ0) is 17.6. The molecule has 26 heavy (non-hydrogen) atoms. The Labute approximate surface area is 156 Å². The van der Waals surface area contributed by atoms with Gasteiger partial charge in [0.15, 0.2) is 0 Å². The van der Waals surface area contributed by atoms with E-state index in [4.69, 9.17) is 0 Å². The van der Waals surface area contributed by atoms with E-state index in [1.54, 1.807) is 17.5 Å². The fourth-order valence-corrected chi connectivity index (χ4v) is 5.03. The Morgan fingerprint density at radius 3 is 3.00 bits per heavy atom. The first-order valence-corrected chi connectivity index (χ1v) is 10.2. The Morgan fingerprint density at radius 1 is 1.31 bits per heavy atom. The minimum atomic E-state index is 0.139. The van der Waals surface area contributed by atoms with Gasteiger partial charge in [-0.15, -0.1) is 0 Å². The molecule has 2 aliphatic rings. The molecule has 1 atom stereocenters. The third-order valence-electron chi connectivity index (χ3n) is 6.00. The van der Waals surface area contributed by atoms with Gasteiger partial charge in [-0.1, -0.05) is 0 Å². The molecule has 1 aromatic carbocycles. The first-order chi connectivity index (χ1) is 12.8. The second-order valence-corrected chi connectivity index (χ2v) is 8.35. The number of aromatic amines is 1. The maximum absolute atomic E-state index is 13.4. The van der Waals surface area contributed by atoms with E-state index in [-0.39, 0.29) is 5.91 Å². The zero-order valence-electron chi connectivity index (χ0n) is 14.6. The van der Waals surface area contributed by atoms with Crippen molar-refractivity contribution < 1.29 is 4.79 Å². The van der Waals surface area contributed by atoms with Crippen LogP contribution in [-0.2, 0) is 6.54 Å². The van der Waals surface area contributed by atoms with Gasteiger partial charge in [0.2, 0.25) is 0 Å². The van der Waals surface area contributed by atoms with Crippen molar-refractivity contribution in [2.24, 2.45) is 5.41 Å². The standard InChI is InChI=1S/C20H22N4OS/c25-19(15-1-2-17-16(9-15)11-22-23-17)24(12-14-3-8-26-13-14)18-10-20(18)4-6-21-7-5-20/h1-3,8-9,11,13,18,21H,4-7,10,12H2,(H,22,23)/t18-/m0/s1. The average molecular weight is 366 g/mol. The number of fused-ring (bicyclic) bond motifs is 1. The van der Waals surface area contributed by atoms with Crippen LogP contribution in [0.5, 0.6) is 0 Å². The molecular formula is C20H22N4OS. The highest BCUT2D eigenvalue weighted by Crippen LogP contribution is 2.56. The minimum Gasteiger partial charge on any atom is -0.331 e. The van der Waals surface area contributed by atoms with Crippen LogP contribution in [0.4, 0.5) is 0 Å². The number of carbonyl (C=O) groups excluding carboxylic acids is 1. The summed E-state index contributed by atoms with van der Waals surface area (Å²) in [6.45, 7) is 2.83. The molecule has 3 heterocycles. The number of thiophene rings is 1. The van der Waals surface area contributed by atoms with Gasteiger partial charge in [-0.05, 0) is 78.4 Å². The first-order valence-electron chi connectivity index (χ1n) is 9.21. The highest BCUT2D eigenvalue weighted by molar-refractivity contribution is 7.07. The second kappa shape index (κ2) is 6.21. The Morgan fingerprint density at radius 2 is 2.19 bits per heavy atom. The first kappa shape index (κ1) is 16.0. The predicted molar refractivity (Wildman–Crippen MR) is 103 cm³/mol. The molecule has 1 spiro atoms. The Hall–Kier alpha value is -2.18. The lowest BCUT2D eigenvalue weighted by molar-refractivity contribution is 0.0692. The molecule has 0 unspecified atom stereocenters. The lowest BCUT2D eigenvalue weighted by Crippen LogP contribution is -2.39. The topological polar surface area (TPSA) is 61.0 Å². The van der Waals surface area contributed by atoms with Gasteiger partial charge in [0.1, 0.15) is 0 Å². The number of rotatable bonds is 4. The van der Waals surface area contributed by atoms with Crippen LogP contribution in [0.2, 0.25) is 0 Å². The van der Waals surface area contributed by atoms with Gasteiger partial charge in [0.25, 0.3) is 5.91 Å². The summed E-state index contributed by atoms with van der Waals surface area (Å²) in [5, 5.41) is 15.7. The van der Waals surface area contributed by atoms with Crippen molar-refractivity contribution >= 4 is 28.1 Å². The fraction of sp³-hybridized carbons (Fsp3) is 0.400. The number of hydrogen-bond acceptors (Lipinski definition) is 4. The number of piperidine rings is 1. The van der Waals surface area contributed by atoms with E-state index >= 15 is 0 Å². The molecule has 5 rings (SSSR count). The largest absolute Gasteiger partial charge is 0.331 e. The smallest absolute Gasteiger partial charge is 0.254 e. The number of hydrogen-bond donors (Lipinski definition) is 2. The average Bonchev–Trinajstić information content (AvgIpc) is 3.08. The van der Waals surface area contributed by atoms with Crippen molar-refractivity contribution in [1.82, 2.24) is 20.4 Å².